The first-order valence-electron chi connectivity index (χ1n) is 8.77. The summed E-state index contributed by atoms with van der Waals surface area (Å²) in [5.41, 5.74) is 6.00. The maximum Gasteiger partial charge on any atom is 0.176 e. The van der Waals surface area contributed by atoms with E-state index in [-0.39, 0.29) is 19.1 Å². The summed E-state index contributed by atoms with van der Waals surface area (Å²) in [6.45, 7) is 5.02. The number of nitrogens with two attached hydrogens (primary N) is 1. The third kappa shape index (κ3) is 4.32. The molecule has 0 aromatic rings. The number of aliphatic hydroxyl groups is 4. The minimum Gasteiger partial charge on any atom is -0.394 e. The Kier molecular flexibility index (Phi) is 7.56. The van der Waals surface area contributed by atoms with Gasteiger partial charge in [-0.15, -0.1) is 0 Å². The largest absolute Gasteiger partial charge is 0.394 e. The molecular formula is C16H31NO8. The molecule has 0 aromatic carbocycles. The molecule has 2 heterocycles. The third-order valence-corrected chi connectivity index (χ3v) is 5.10. The van der Waals surface area contributed by atoms with Crippen LogP contribution in [0.4, 0.5) is 0 Å². The zero-order valence-corrected chi connectivity index (χ0v) is 14.9. The fourth-order valence-electron chi connectivity index (χ4n) is 3.33. The quantitative estimate of drug-likeness (QED) is 0.367. The molecule has 2 rings (SSSR count). The van der Waals surface area contributed by atoms with Crippen molar-refractivity contribution in [3.8, 4) is 0 Å². The Morgan fingerprint density at radius 1 is 0.920 bits per heavy atom. The van der Waals surface area contributed by atoms with Crippen molar-refractivity contribution in [2.45, 2.75) is 69.9 Å². The molecule has 2 aliphatic heterocycles. The van der Waals surface area contributed by atoms with E-state index in [1.54, 1.807) is 13.8 Å². The van der Waals surface area contributed by atoms with Crippen molar-refractivity contribution in [2.24, 2.45) is 17.6 Å². The van der Waals surface area contributed by atoms with Gasteiger partial charge in [0.25, 0.3) is 0 Å². The van der Waals surface area contributed by atoms with Gasteiger partial charge in [0.15, 0.2) is 12.6 Å². The molecule has 0 bridgehead atoms. The van der Waals surface area contributed by atoms with Crippen LogP contribution in [-0.4, -0.2) is 89.4 Å². The molecule has 0 aliphatic carbocycles. The van der Waals surface area contributed by atoms with E-state index in [9.17, 15) is 20.4 Å². The molecule has 0 radical (unpaired) electrons. The van der Waals surface area contributed by atoms with Crippen LogP contribution < -0.4 is 5.73 Å². The minimum absolute atomic E-state index is 0.291. The van der Waals surface area contributed by atoms with Crippen LogP contribution in [0.1, 0.15) is 20.8 Å². The molecule has 0 aromatic heterocycles. The Bertz CT molecular complexity index is 410. The number of ether oxygens (including phenoxy) is 4. The average molecular weight is 365 g/mol. The standard InChI is InChI=1S/C16H31NO8/c1-4-22-15-8(3)13(21)14(10(6-19)24-15)25-16-11(17)12(20)7(2)9(5-18)23-16/h7-16,18-21H,4-6,17H2,1-3H3/t7-,8?,9?,10?,11?,12-,13-,14+,15-,16-/m0/s1. The van der Waals surface area contributed by atoms with Crippen LogP contribution >= 0.6 is 0 Å². The summed E-state index contributed by atoms with van der Waals surface area (Å²) in [5.74, 6) is -0.757. The lowest BCUT2D eigenvalue weighted by molar-refractivity contribution is -0.332. The first-order chi connectivity index (χ1) is 11.8. The Morgan fingerprint density at radius 2 is 1.52 bits per heavy atom. The second-order valence-electron chi connectivity index (χ2n) is 6.78. The van der Waals surface area contributed by atoms with Crippen molar-refractivity contribution in [3.63, 3.8) is 0 Å². The van der Waals surface area contributed by atoms with Gasteiger partial charge < -0.3 is 45.1 Å². The SMILES string of the molecule is CCO[C@H]1OC(CO)[C@@H](O[C@@H]2OC(CO)[C@H](C)[C@H](O)C2N)[C@@H](O)C1C. The number of hydrogen-bond acceptors (Lipinski definition) is 9. The predicted octanol–water partition coefficient (Wildman–Crippen LogP) is -1.84. The molecule has 0 saturated carbocycles. The lowest BCUT2D eigenvalue weighted by atomic mass is 9.89. The van der Waals surface area contributed by atoms with Crippen molar-refractivity contribution in [2.75, 3.05) is 19.8 Å². The number of rotatable bonds is 6. The Labute approximate surface area is 147 Å². The van der Waals surface area contributed by atoms with E-state index in [4.69, 9.17) is 24.7 Å². The third-order valence-electron chi connectivity index (χ3n) is 5.10. The van der Waals surface area contributed by atoms with Crippen LogP contribution in [-0.2, 0) is 18.9 Å². The molecule has 0 spiro atoms. The van der Waals surface area contributed by atoms with Gasteiger partial charge >= 0.3 is 0 Å². The van der Waals surface area contributed by atoms with E-state index < -0.39 is 55.1 Å². The molecule has 9 nitrogen and oxygen atoms in total. The van der Waals surface area contributed by atoms with Crippen molar-refractivity contribution in [3.05, 3.63) is 0 Å². The maximum absolute atomic E-state index is 10.6. The van der Waals surface area contributed by atoms with Crippen LogP contribution in [0.5, 0.6) is 0 Å². The van der Waals surface area contributed by atoms with Crippen molar-refractivity contribution in [1.29, 1.82) is 0 Å². The van der Waals surface area contributed by atoms with Gasteiger partial charge in [0.1, 0.15) is 12.2 Å². The Morgan fingerprint density at radius 3 is 2.08 bits per heavy atom. The van der Waals surface area contributed by atoms with E-state index in [2.05, 4.69) is 0 Å². The normalized spacial score (nSPS) is 48.5. The summed E-state index contributed by atoms with van der Waals surface area (Å²) in [7, 11) is 0. The van der Waals surface area contributed by atoms with E-state index in [1.807, 2.05) is 6.92 Å². The van der Waals surface area contributed by atoms with Crippen molar-refractivity contribution in [1.82, 2.24) is 0 Å². The zero-order chi connectivity index (χ0) is 18.7. The highest BCUT2D eigenvalue weighted by molar-refractivity contribution is 4.93. The van der Waals surface area contributed by atoms with Gasteiger partial charge in [-0.25, -0.2) is 0 Å². The van der Waals surface area contributed by atoms with Gasteiger partial charge in [0, 0.05) is 18.4 Å². The maximum atomic E-state index is 10.6. The second kappa shape index (κ2) is 9.03. The molecule has 9 heteroatoms. The highest BCUT2D eigenvalue weighted by Crippen LogP contribution is 2.32. The lowest BCUT2D eigenvalue weighted by Gasteiger charge is -2.47. The monoisotopic (exact) mass is 365 g/mol. The number of aliphatic hydroxyl groups excluding tert-OH is 4. The van der Waals surface area contributed by atoms with Gasteiger partial charge in [-0.3, -0.25) is 0 Å². The summed E-state index contributed by atoms with van der Waals surface area (Å²) in [6.07, 6.45) is -6.00. The molecule has 25 heavy (non-hydrogen) atoms. The van der Waals surface area contributed by atoms with E-state index in [1.165, 1.54) is 0 Å². The van der Waals surface area contributed by atoms with Crippen LogP contribution in [0.15, 0.2) is 0 Å². The van der Waals surface area contributed by atoms with Gasteiger partial charge in [-0.2, -0.15) is 0 Å². The van der Waals surface area contributed by atoms with Gasteiger partial charge in [0.05, 0.1) is 37.6 Å². The summed E-state index contributed by atoms with van der Waals surface area (Å²) < 4.78 is 22.6. The molecule has 2 aliphatic rings. The first kappa shape index (κ1) is 20.9. The van der Waals surface area contributed by atoms with Crippen LogP contribution in [0.25, 0.3) is 0 Å². The van der Waals surface area contributed by atoms with E-state index in [0.717, 1.165) is 0 Å². The second-order valence-corrected chi connectivity index (χ2v) is 6.78. The molecule has 2 saturated heterocycles. The Hall–Kier alpha value is -0.360. The first-order valence-corrected chi connectivity index (χ1v) is 8.77. The van der Waals surface area contributed by atoms with Crippen LogP contribution in [0.3, 0.4) is 0 Å². The van der Waals surface area contributed by atoms with Gasteiger partial charge in [0.2, 0.25) is 0 Å². The van der Waals surface area contributed by atoms with Gasteiger partial charge in [-0.1, -0.05) is 13.8 Å². The summed E-state index contributed by atoms with van der Waals surface area (Å²) >= 11 is 0. The molecule has 0 amide bonds. The smallest absolute Gasteiger partial charge is 0.176 e. The van der Waals surface area contributed by atoms with Gasteiger partial charge in [-0.05, 0) is 6.92 Å². The highest BCUT2D eigenvalue weighted by Gasteiger charge is 2.48. The lowest BCUT2D eigenvalue weighted by Crippen LogP contribution is -2.63. The summed E-state index contributed by atoms with van der Waals surface area (Å²) in [4.78, 5) is 0. The van der Waals surface area contributed by atoms with E-state index in [0.29, 0.717) is 6.61 Å². The summed E-state index contributed by atoms with van der Waals surface area (Å²) in [5, 5.41) is 39.8. The molecular weight excluding hydrogens is 334 g/mol. The molecule has 6 N–H and O–H groups in total. The Balaban J connectivity index is 2.11. The average Bonchev–Trinajstić information content (AvgIpc) is 2.61. The van der Waals surface area contributed by atoms with Crippen LogP contribution in [0.2, 0.25) is 0 Å². The predicted molar refractivity (Wildman–Crippen MR) is 86.3 cm³/mol. The molecule has 148 valence electrons. The zero-order valence-electron chi connectivity index (χ0n) is 14.9. The highest BCUT2D eigenvalue weighted by atomic mass is 16.7. The molecule has 4 unspecified atom stereocenters. The fourth-order valence-corrected chi connectivity index (χ4v) is 3.33. The number of hydrogen-bond donors (Lipinski definition) is 5. The van der Waals surface area contributed by atoms with Crippen molar-refractivity contribution < 1.29 is 39.4 Å². The summed E-state index contributed by atoms with van der Waals surface area (Å²) in [6, 6.07) is -0.857. The van der Waals surface area contributed by atoms with Crippen LogP contribution in [0, 0.1) is 11.8 Å². The topological polar surface area (TPSA) is 144 Å². The minimum atomic E-state index is -1.04. The molecule has 10 atom stereocenters. The fraction of sp³-hybridized carbons (Fsp3) is 1.00. The van der Waals surface area contributed by atoms with E-state index >= 15 is 0 Å². The van der Waals surface area contributed by atoms with Crippen molar-refractivity contribution >= 4 is 0 Å². The molecule has 2 fully saturated rings.